The van der Waals surface area contributed by atoms with Crippen LogP contribution < -0.4 is 0 Å². The molecule has 100 valence electrons. The van der Waals surface area contributed by atoms with Gasteiger partial charge in [0.05, 0.1) is 16.9 Å². The van der Waals surface area contributed by atoms with Crippen LogP contribution >= 0.6 is 0 Å². The SMILES string of the molecule is Cc1cc(C(O)c2ccc3ncccc3c2)c(C)nn1. The van der Waals surface area contributed by atoms with E-state index in [9.17, 15) is 5.11 Å². The molecule has 3 aromatic rings. The van der Waals surface area contributed by atoms with Crippen LogP contribution in [0.1, 0.15) is 28.6 Å². The number of aliphatic hydroxyl groups is 1. The summed E-state index contributed by atoms with van der Waals surface area (Å²) in [5, 5.41) is 19.6. The number of benzene rings is 1. The highest BCUT2D eigenvalue weighted by Crippen LogP contribution is 2.26. The lowest BCUT2D eigenvalue weighted by molar-refractivity contribution is 0.218. The summed E-state index contributed by atoms with van der Waals surface area (Å²) < 4.78 is 0. The van der Waals surface area contributed by atoms with Gasteiger partial charge in [0.15, 0.2) is 0 Å². The van der Waals surface area contributed by atoms with Crippen LogP contribution in [-0.4, -0.2) is 20.3 Å². The number of rotatable bonds is 2. The summed E-state index contributed by atoms with van der Waals surface area (Å²) in [7, 11) is 0. The number of aryl methyl sites for hydroxylation is 2. The molecule has 1 unspecified atom stereocenters. The summed E-state index contributed by atoms with van der Waals surface area (Å²) in [6.45, 7) is 3.72. The summed E-state index contributed by atoms with van der Waals surface area (Å²) in [6, 6.07) is 11.5. The molecule has 1 atom stereocenters. The molecule has 0 bridgehead atoms. The zero-order valence-corrected chi connectivity index (χ0v) is 11.4. The molecule has 4 heteroatoms. The predicted octanol–water partition coefficient (Wildman–Crippen LogP) is 2.72. The minimum atomic E-state index is -0.700. The lowest BCUT2D eigenvalue weighted by Gasteiger charge is -2.14. The van der Waals surface area contributed by atoms with Gasteiger partial charge in [-0.1, -0.05) is 12.1 Å². The maximum atomic E-state index is 10.6. The van der Waals surface area contributed by atoms with Crippen molar-refractivity contribution in [1.82, 2.24) is 15.2 Å². The van der Waals surface area contributed by atoms with Crippen LogP contribution in [-0.2, 0) is 0 Å². The zero-order chi connectivity index (χ0) is 14.1. The molecule has 0 aliphatic heterocycles. The minimum absolute atomic E-state index is 0.700. The number of aromatic nitrogens is 3. The third-order valence-corrected chi connectivity index (χ3v) is 3.38. The fraction of sp³-hybridized carbons (Fsp3) is 0.188. The topological polar surface area (TPSA) is 58.9 Å². The predicted molar refractivity (Wildman–Crippen MR) is 77.3 cm³/mol. The van der Waals surface area contributed by atoms with Gasteiger partial charge in [-0.15, -0.1) is 0 Å². The molecule has 0 radical (unpaired) electrons. The first-order valence-electron chi connectivity index (χ1n) is 6.49. The van der Waals surface area contributed by atoms with Crippen LogP contribution in [0, 0.1) is 13.8 Å². The van der Waals surface area contributed by atoms with Gasteiger partial charge in [-0.2, -0.15) is 10.2 Å². The molecule has 1 N–H and O–H groups in total. The van der Waals surface area contributed by atoms with E-state index in [1.807, 2.05) is 50.2 Å². The lowest BCUT2D eigenvalue weighted by atomic mass is 9.99. The number of hydrogen-bond acceptors (Lipinski definition) is 4. The van der Waals surface area contributed by atoms with Crippen LogP contribution in [0.4, 0.5) is 0 Å². The first-order valence-corrected chi connectivity index (χ1v) is 6.49. The van der Waals surface area contributed by atoms with E-state index >= 15 is 0 Å². The average Bonchev–Trinajstić information content (AvgIpc) is 2.48. The second kappa shape index (κ2) is 4.98. The Hall–Kier alpha value is -2.33. The van der Waals surface area contributed by atoms with E-state index in [1.54, 1.807) is 6.20 Å². The largest absolute Gasteiger partial charge is 0.384 e. The molecule has 20 heavy (non-hydrogen) atoms. The van der Waals surface area contributed by atoms with Crippen molar-refractivity contribution >= 4 is 10.9 Å². The fourth-order valence-corrected chi connectivity index (χ4v) is 2.29. The fourth-order valence-electron chi connectivity index (χ4n) is 2.29. The summed E-state index contributed by atoms with van der Waals surface area (Å²) in [6.07, 6.45) is 1.06. The van der Waals surface area contributed by atoms with Gasteiger partial charge in [0.25, 0.3) is 0 Å². The third-order valence-electron chi connectivity index (χ3n) is 3.38. The van der Waals surface area contributed by atoms with Crippen LogP contribution in [0.3, 0.4) is 0 Å². The minimum Gasteiger partial charge on any atom is -0.384 e. The van der Waals surface area contributed by atoms with Crippen molar-refractivity contribution < 1.29 is 5.11 Å². The van der Waals surface area contributed by atoms with Crippen LogP contribution in [0.25, 0.3) is 10.9 Å². The van der Waals surface area contributed by atoms with Gasteiger partial charge >= 0.3 is 0 Å². The molecular weight excluding hydrogens is 250 g/mol. The molecule has 3 rings (SSSR count). The summed E-state index contributed by atoms with van der Waals surface area (Å²) in [5.41, 5.74) is 4.09. The quantitative estimate of drug-likeness (QED) is 0.774. The Labute approximate surface area is 117 Å². The highest BCUT2D eigenvalue weighted by Gasteiger charge is 2.15. The monoisotopic (exact) mass is 265 g/mol. The lowest BCUT2D eigenvalue weighted by Crippen LogP contribution is -2.05. The molecule has 0 aliphatic rings. The van der Waals surface area contributed by atoms with Gasteiger partial charge in [-0.05, 0) is 43.7 Å². The van der Waals surface area contributed by atoms with Crippen molar-refractivity contribution in [1.29, 1.82) is 0 Å². The molecule has 0 saturated heterocycles. The van der Waals surface area contributed by atoms with E-state index in [1.165, 1.54) is 0 Å². The Morgan fingerprint density at radius 1 is 1.05 bits per heavy atom. The smallest absolute Gasteiger partial charge is 0.106 e. The Morgan fingerprint density at radius 2 is 1.90 bits per heavy atom. The third kappa shape index (κ3) is 2.26. The molecule has 4 nitrogen and oxygen atoms in total. The van der Waals surface area contributed by atoms with Crippen LogP contribution in [0.15, 0.2) is 42.6 Å². The molecular formula is C16H15N3O. The van der Waals surface area contributed by atoms with E-state index in [-0.39, 0.29) is 0 Å². The molecule has 2 heterocycles. The van der Waals surface area contributed by atoms with Crippen molar-refractivity contribution in [3.63, 3.8) is 0 Å². The first kappa shape index (κ1) is 12.7. The van der Waals surface area contributed by atoms with Gasteiger partial charge in [0, 0.05) is 17.1 Å². The van der Waals surface area contributed by atoms with Gasteiger partial charge in [0.2, 0.25) is 0 Å². The van der Waals surface area contributed by atoms with Crippen LogP contribution in [0.5, 0.6) is 0 Å². The summed E-state index contributed by atoms with van der Waals surface area (Å²) in [4.78, 5) is 4.28. The second-order valence-electron chi connectivity index (χ2n) is 4.88. The van der Waals surface area contributed by atoms with Gasteiger partial charge in [0.1, 0.15) is 6.10 Å². The maximum Gasteiger partial charge on any atom is 0.106 e. The Balaban J connectivity index is 2.07. The zero-order valence-electron chi connectivity index (χ0n) is 11.4. The summed E-state index contributed by atoms with van der Waals surface area (Å²) in [5.74, 6) is 0. The Morgan fingerprint density at radius 3 is 2.75 bits per heavy atom. The van der Waals surface area contributed by atoms with Crippen molar-refractivity contribution in [2.24, 2.45) is 0 Å². The first-order chi connectivity index (χ1) is 9.65. The number of aliphatic hydroxyl groups excluding tert-OH is 1. The molecule has 0 saturated carbocycles. The Bertz CT molecular complexity index is 771. The van der Waals surface area contributed by atoms with E-state index in [0.29, 0.717) is 0 Å². The normalized spacial score (nSPS) is 12.6. The van der Waals surface area contributed by atoms with Gasteiger partial charge in [-0.3, -0.25) is 4.98 Å². The maximum absolute atomic E-state index is 10.6. The van der Waals surface area contributed by atoms with Crippen molar-refractivity contribution in [3.8, 4) is 0 Å². The van der Waals surface area contributed by atoms with Gasteiger partial charge in [-0.25, -0.2) is 0 Å². The van der Waals surface area contributed by atoms with E-state index in [0.717, 1.165) is 33.4 Å². The molecule has 1 aromatic carbocycles. The van der Waals surface area contributed by atoms with E-state index in [2.05, 4.69) is 15.2 Å². The highest BCUT2D eigenvalue weighted by molar-refractivity contribution is 5.79. The molecule has 0 spiro atoms. The molecule has 2 aromatic heterocycles. The van der Waals surface area contributed by atoms with Crippen molar-refractivity contribution in [2.75, 3.05) is 0 Å². The average molecular weight is 265 g/mol. The molecule has 0 amide bonds. The van der Waals surface area contributed by atoms with Crippen molar-refractivity contribution in [2.45, 2.75) is 20.0 Å². The summed E-state index contributed by atoms with van der Waals surface area (Å²) >= 11 is 0. The Kier molecular flexibility index (Phi) is 3.16. The highest BCUT2D eigenvalue weighted by atomic mass is 16.3. The van der Waals surface area contributed by atoms with Crippen LogP contribution in [0.2, 0.25) is 0 Å². The number of hydrogen-bond donors (Lipinski definition) is 1. The molecule has 0 fully saturated rings. The van der Waals surface area contributed by atoms with E-state index < -0.39 is 6.10 Å². The second-order valence-corrected chi connectivity index (χ2v) is 4.88. The number of pyridine rings is 1. The number of nitrogens with zero attached hydrogens (tertiary/aromatic N) is 3. The standard InChI is InChI=1S/C16H15N3O/c1-10-8-14(11(2)19-18-10)16(20)13-5-6-15-12(9-13)4-3-7-17-15/h3-9,16,20H,1-2H3. The number of fused-ring (bicyclic) bond motifs is 1. The molecule has 0 aliphatic carbocycles. The van der Waals surface area contributed by atoms with E-state index in [4.69, 9.17) is 0 Å². The van der Waals surface area contributed by atoms with Crippen molar-refractivity contribution in [3.05, 3.63) is 65.1 Å². The van der Waals surface area contributed by atoms with Gasteiger partial charge < -0.3 is 5.11 Å².